The fourth-order valence-corrected chi connectivity index (χ4v) is 3.86. The second-order valence-electron chi connectivity index (χ2n) is 6.08. The van der Waals surface area contributed by atoms with Crippen molar-refractivity contribution in [3.63, 3.8) is 0 Å². The smallest absolute Gasteiger partial charge is 0.256 e. The summed E-state index contributed by atoms with van der Waals surface area (Å²) in [5.74, 6) is 0.116. The lowest BCUT2D eigenvalue weighted by molar-refractivity contribution is 0.0720. The van der Waals surface area contributed by atoms with Gasteiger partial charge in [-0.15, -0.1) is 0 Å². The van der Waals surface area contributed by atoms with Crippen molar-refractivity contribution in [1.29, 1.82) is 0 Å². The summed E-state index contributed by atoms with van der Waals surface area (Å²) in [5, 5.41) is 0.801. The first-order chi connectivity index (χ1) is 11.1. The van der Waals surface area contributed by atoms with Gasteiger partial charge in [-0.05, 0) is 56.9 Å². The van der Waals surface area contributed by atoms with Crippen LogP contribution >= 0.6 is 11.8 Å². The van der Waals surface area contributed by atoms with Gasteiger partial charge in [-0.1, -0.05) is 29.5 Å². The summed E-state index contributed by atoms with van der Waals surface area (Å²) in [6, 6.07) is 10.1. The molecule has 1 aliphatic rings. The molecule has 4 heteroatoms. The van der Waals surface area contributed by atoms with Crippen LogP contribution in [0.5, 0.6) is 0 Å². The maximum absolute atomic E-state index is 12.8. The third-order valence-electron chi connectivity index (χ3n) is 4.18. The van der Waals surface area contributed by atoms with Gasteiger partial charge in [0.2, 0.25) is 0 Å². The van der Waals surface area contributed by atoms with Crippen LogP contribution in [0.1, 0.15) is 40.7 Å². The molecule has 0 atom stereocenters. The lowest BCUT2D eigenvalue weighted by Gasteiger charge is -2.27. The molecule has 3 rings (SSSR count). The van der Waals surface area contributed by atoms with Crippen LogP contribution in [0.2, 0.25) is 0 Å². The molecule has 2 heterocycles. The monoisotopic (exact) mass is 326 g/mol. The number of rotatable bonds is 3. The zero-order valence-electron chi connectivity index (χ0n) is 13.7. The summed E-state index contributed by atoms with van der Waals surface area (Å²) in [6.45, 7) is 5.92. The molecule has 2 aromatic rings. The first-order valence-corrected chi connectivity index (χ1v) is 8.96. The molecule has 1 aromatic carbocycles. The van der Waals surface area contributed by atoms with Gasteiger partial charge in [0.25, 0.3) is 5.91 Å². The Morgan fingerprint density at radius 2 is 1.91 bits per heavy atom. The van der Waals surface area contributed by atoms with E-state index in [-0.39, 0.29) is 5.91 Å². The van der Waals surface area contributed by atoms with Crippen LogP contribution < -0.4 is 0 Å². The van der Waals surface area contributed by atoms with Crippen LogP contribution in [0.15, 0.2) is 46.5 Å². The molecule has 0 unspecified atom stereocenters. The van der Waals surface area contributed by atoms with E-state index in [1.165, 1.54) is 17.5 Å². The van der Waals surface area contributed by atoms with Crippen molar-refractivity contribution in [2.45, 2.75) is 43.0 Å². The molecule has 1 amide bonds. The Hall–Kier alpha value is -1.81. The first-order valence-electron chi connectivity index (χ1n) is 8.14. The molecule has 1 saturated heterocycles. The zero-order chi connectivity index (χ0) is 16.2. The van der Waals surface area contributed by atoms with Crippen LogP contribution in [0.3, 0.4) is 0 Å². The van der Waals surface area contributed by atoms with Crippen LogP contribution in [0.25, 0.3) is 0 Å². The normalized spacial score (nSPS) is 14.8. The fraction of sp³-hybridized carbons (Fsp3) is 0.368. The Bertz CT molecular complexity index is 708. The number of pyridine rings is 1. The number of hydrogen-bond acceptors (Lipinski definition) is 3. The van der Waals surface area contributed by atoms with Crippen molar-refractivity contribution >= 4 is 17.7 Å². The highest BCUT2D eigenvalue weighted by Gasteiger charge is 2.21. The number of carbonyl (C=O) groups is 1. The van der Waals surface area contributed by atoms with E-state index in [4.69, 9.17) is 0 Å². The van der Waals surface area contributed by atoms with Gasteiger partial charge in [0.1, 0.15) is 5.03 Å². The molecular weight excluding hydrogens is 304 g/mol. The molecule has 0 radical (unpaired) electrons. The van der Waals surface area contributed by atoms with E-state index in [9.17, 15) is 4.79 Å². The fourth-order valence-electron chi connectivity index (χ4n) is 2.92. The average molecular weight is 326 g/mol. The summed E-state index contributed by atoms with van der Waals surface area (Å²) >= 11 is 1.58. The van der Waals surface area contributed by atoms with E-state index >= 15 is 0 Å². The maximum atomic E-state index is 12.8. The number of likely N-dealkylation sites (tertiary alicyclic amines) is 1. The van der Waals surface area contributed by atoms with E-state index in [1.807, 2.05) is 17.0 Å². The van der Waals surface area contributed by atoms with Crippen LogP contribution in [0, 0.1) is 13.8 Å². The number of aryl methyl sites for hydroxylation is 2. The van der Waals surface area contributed by atoms with Crippen molar-refractivity contribution in [3.8, 4) is 0 Å². The number of aromatic nitrogens is 1. The minimum absolute atomic E-state index is 0.116. The SMILES string of the molecule is Cc1ccc(Sc2ncccc2C(=O)N2CCCCC2)c(C)c1. The van der Waals surface area contributed by atoms with Crippen LogP contribution in [-0.4, -0.2) is 28.9 Å². The van der Waals surface area contributed by atoms with Gasteiger partial charge in [-0.3, -0.25) is 4.79 Å². The number of carbonyl (C=O) groups excluding carboxylic acids is 1. The molecule has 0 spiro atoms. The Morgan fingerprint density at radius 1 is 1.13 bits per heavy atom. The van der Waals surface area contributed by atoms with Crippen molar-refractivity contribution in [3.05, 3.63) is 53.2 Å². The van der Waals surface area contributed by atoms with Crippen molar-refractivity contribution in [2.75, 3.05) is 13.1 Å². The second kappa shape index (κ2) is 7.18. The molecule has 1 fully saturated rings. The molecule has 0 N–H and O–H groups in total. The van der Waals surface area contributed by atoms with Gasteiger partial charge in [-0.2, -0.15) is 0 Å². The van der Waals surface area contributed by atoms with Gasteiger partial charge in [0.15, 0.2) is 0 Å². The Balaban J connectivity index is 1.86. The van der Waals surface area contributed by atoms with Gasteiger partial charge in [0.05, 0.1) is 5.56 Å². The standard InChI is InChI=1S/C19H22N2OS/c1-14-8-9-17(15(2)13-14)23-18-16(7-6-10-20-18)19(22)21-11-4-3-5-12-21/h6-10,13H,3-5,11-12H2,1-2H3. The zero-order valence-corrected chi connectivity index (χ0v) is 14.5. The number of amides is 1. The van der Waals surface area contributed by atoms with Gasteiger partial charge >= 0.3 is 0 Å². The molecule has 0 saturated carbocycles. The van der Waals surface area contributed by atoms with Gasteiger partial charge < -0.3 is 4.90 Å². The van der Waals surface area contributed by atoms with Crippen molar-refractivity contribution < 1.29 is 4.79 Å². The lowest BCUT2D eigenvalue weighted by Crippen LogP contribution is -2.35. The molecular formula is C19H22N2OS. The first kappa shape index (κ1) is 16.1. The highest BCUT2D eigenvalue weighted by molar-refractivity contribution is 7.99. The molecule has 0 aliphatic carbocycles. The summed E-state index contributed by atoms with van der Waals surface area (Å²) in [5.41, 5.74) is 3.19. The van der Waals surface area contributed by atoms with E-state index in [1.54, 1.807) is 18.0 Å². The Labute approximate surface area is 142 Å². The Kier molecular flexibility index (Phi) is 5.01. The number of piperidine rings is 1. The van der Waals surface area contributed by atoms with E-state index in [0.29, 0.717) is 0 Å². The minimum atomic E-state index is 0.116. The summed E-state index contributed by atoms with van der Waals surface area (Å²) < 4.78 is 0. The second-order valence-corrected chi connectivity index (χ2v) is 7.11. The summed E-state index contributed by atoms with van der Waals surface area (Å²) in [7, 11) is 0. The molecule has 120 valence electrons. The molecule has 1 aliphatic heterocycles. The topological polar surface area (TPSA) is 33.2 Å². The van der Waals surface area contributed by atoms with Crippen molar-refractivity contribution in [2.24, 2.45) is 0 Å². The summed E-state index contributed by atoms with van der Waals surface area (Å²) in [4.78, 5) is 20.4. The molecule has 1 aromatic heterocycles. The minimum Gasteiger partial charge on any atom is -0.339 e. The molecule has 23 heavy (non-hydrogen) atoms. The highest BCUT2D eigenvalue weighted by Crippen LogP contribution is 2.32. The van der Waals surface area contributed by atoms with E-state index in [0.717, 1.165) is 41.4 Å². The predicted octanol–water partition coefficient (Wildman–Crippen LogP) is 4.48. The van der Waals surface area contributed by atoms with Crippen LogP contribution in [0.4, 0.5) is 0 Å². The quantitative estimate of drug-likeness (QED) is 0.834. The Morgan fingerprint density at radius 3 is 2.65 bits per heavy atom. The third kappa shape index (κ3) is 3.75. The predicted molar refractivity (Wildman–Crippen MR) is 94.0 cm³/mol. The van der Waals surface area contributed by atoms with E-state index < -0.39 is 0 Å². The molecule has 3 nitrogen and oxygen atoms in total. The van der Waals surface area contributed by atoms with E-state index in [2.05, 4.69) is 37.0 Å². The van der Waals surface area contributed by atoms with Gasteiger partial charge in [0, 0.05) is 24.2 Å². The summed E-state index contributed by atoms with van der Waals surface area (Å²) in [6.07, 6.45) is 5.19. The highest BCUT2D eigenvalue weighted by atomic mass is 32.2. The largest absolute Gasteiger partial charge is 0.339 e. The van der Waals surface area contributed by atoms with Crippen molar-refractivity contribution in [1.82, 2.24) is 9.88 Å². The van der Waals surface area contributed by atoms with Gasteiger partial charge in [-0.25, -0.2) is 4.98 Å². The lowest BCUT2D eigenvalue weighted by atomic mass is 10.1. The van der Waals surface area contributed by atoms with Crippen LogP contribution in [-0.2, 0) is 0 Å². The number of nitrogens with zero attached hydrogens (tertiary/aromatic N) is 2. The average Bonchev–Trinajstić information content (AvgIpc) is 2.58. The number of benzene rings is 1. The maximum Gasteiger partial charge on any atom is 0.256 e. The number of hydrogen-bond donors (Lipinski definition) is 0. The molecule has 0 bridgehead atoms. The third-order valence-corrected chi connectivity index (χ3v) is 5.38.